The van der Waals surface area contributed by atoms with Crippen LogP contribution in [0.1, 0.15) is 27.6 Å². The van der Waals surface area contributed by atoms with E-state index >= 15 is 0 Å². The molecule has 7 nitrogen and oxygen atoms in total. The molecule has 0 saturated carbocycles. The van der Waals surface area contributed by atoms with Crippen LogP contribution in [0.4, 0.5) is 13.2 Å². The van der Waals surface area contributed by atoms with Gasteiger partial charge in [0.15, 0.2) is 9.66 Å². The maximum atomic E-state index is 12.7. The van der Waals surface area contributed by atoms with Crippen LogP contribution in [0.25, 0.3) is 0 Å². The van der Waals surface area contributed by atoms with Gasteiger partial charge in [0, 0.05) is 29.6 Å². The van der Waals surface area contributed by atoms with Crippen molar-refractivity contribution in [2.24, 2.45) is 7.05 Å². The molecule has 0 saturated heterocycles. The third-order valence-corrected chi connectivity index (χ3v) is 3.66. The Morgan fingerprint density at radius 2 is 2.04 bits per heavy atom. The smallest absolute Gasteiger partial charge is 0.433 e. The van der Waals surface area contributed by atoms with Gasteiger partial charge in [0.25, 0.3) is 0 Å². The molecule has 0 atom stereocenters. The first-order chi connectivity index (χ1) is 10.7. The normalized spacial score (nSPS) is 11.7. The number of ether oxygens (including phenoxy) is 1. The summed E-state index contributed by atoms with van der Waals surface area (Å²) < 4.78 is 45.3. The Hall–Kier alpha value is -1.76. The van der Waals surface area contributed by atoms with E-state index in [1.54, 1.807) is 7.05 Å². The Balaban J connectivity index is 2.15. The topological polar surface area (TPSA) is 90.1 Å². The lowest BCUT2D eigenvalue weighted by molar-refractivity contribution is -0.141. The van der Waals surface area contributed by atoms with Crippen molar-refractivity contribution in [2.45, 2.75) is 19.4 Å². The molecule has 0 fully saturated rings. The second-order valence-electron chi connectivity index (χ2n) is 4.41. The fourth-order valence-electron chi connectivity index (χ4n) is 1.68. The summed E-state index contributed by atoms with van der Waals surface area (Å²) in [5.74, 6) is -1.05. The van der Waals surface area contributed by atoms with Gasteiger partial charge >= 0.3 is 12.1 Å². The van der Waals surface area contributed by atoms with Crippen molar-refractivity contribution in [3.05, 3.63) is 38.7 Å². The van der Waals surface area contributed by atoms with E-state index in [1.807, 2.05) is 22.6 Å². The number of carboxylic acids is 1. The predicted octanol–water partition coefficient (Wildman–Crippen LogP) is 2.25. The minimum atomic E-state index is -4.66. The first-order valence-electron chi connectivity index (χ1n) is 6.12. The zero-order valence-electron chi connectivity index (χ0n) is 11.6. The van der Waals surface area contributed by atoms with E-state index < -0.39 is 24.4 Å². The van der Waals surface area contributed by atoms with Crippen molar-refractivity contribution in [3.63, 3.8) is 0 Å². The third kappa shape index (κ3) is 4.37. The highest BCUT2D eigenvalue weighted by atomic mass is 127. The molecule has 2 aromatic heterocycles. The van der Waals surface area contributed by atoms with Crippen LogP contribution in [0, 0.1) is 3.83 Å². The first-order valence-corrected chi connectivity index (χ1v) is 7.20. The van der Waals surface area contributed by atoms with Crippen molar-refractivity contribution < 1.29 is 27.8 Å². The second kappa shape index (κ2) is 6.78. The number of carbonyl (C=O) groups is 1. The van der Waals surface area contributed by atoms with Gasteiger partial charge in [-0.1, -0.05) is 0 Å². The fourth-order valence-corrected chi connectivity index (χ4v) is 2.07. The number of pyridine rings is 1. The van der Waals surface area contributed by atoms with E-state index in [2.05, 4.69) is 15.1 Å². The fraction of sp³-hybridized carbons (Fsp3) is 0.333. The molecule has 0 aromatic carbocycles. The Bertz CT molecular complexity index is 713. The molecule has 2 heterocycles. The van der Waals surface area contributed by atoms with Gasteiger partial charge in [0.2, 0.25) is 0 Å². The molecule has 0 spiro atoms. The summed E-state index contributed by atoms with van der Waals surface area (Å²) in [5.41, 5.74) is -1.83. The Morgan fingerprint density at radius 3 is 2.57 bits per heavy atom. The van der Waals surface area contributed by atoms with E-state index in [1.165, 1.54) is 4.68 Å². The lowest BCUT2D eigenvalue weighted by Crippen LogP contribution is -2.14. The number of nitrogens with zero attached hydrogens (tertiary/aromatic N) is 4. The van der Waals surface area contributed by atoms with Crippen molar-refractivity contribution in [2.75, 3.05) is 0 Å². The molecule has 0 amide bonds. The van der Waals surface area contributed by atoms with Crippen molar-refractivity contribution >= 4 is 28.6 Å². The maximum absolute atomic E-state index is 12.7. The average Bonchev–Trinajstić information content (AvgIpc) is 2.76. The maximum Gasteiger partial charge on any atom is 0.433 e. The molecular weight excluding hydrogens is 432 g/mol. The molecule has 0 aliphatic carbocycles. The lowest BCUT2D eigenvalue weighted by atomic mass is 10.1. The zero-order valence-corrected chi connectivity index (χ0v) is 13.8. The molecule has 0 radical (unpaired) electrons. The molecule has 0 aliphatic rings. The summed E-state index contributed by atoms with van der Waals surface area (Å²) in [5, 5.41) is 13.0. The van der Waals surface area contributed by atoms with E-state index in [0.717, 1.165) is 6.07 Å². The summed E-state index contributed by atoms with van der Waals surface area (Å²) in [6.45, 7) is -0.478. The van der Waals surface area contributed by atoms with Gasteiger partial charge in [-0.05, 0) is 12.1 Å². The van der Waals surface area contributed by atoms with Crippen LogP contribution in [-0.2, 0) is 31.2 Å². The van der Waals surface area contributed by atoms with Crippen LogP contribution in [0.3, 0.4) is 0 Å². The number of halogens is 4. The molecule has 2 aromatic rings. The SMILES string of the molecule is Cn1nc(COCc2nc(C(F)(F)F)ccc2C(=O)O)nc1I. The van der Waals surface area contributed by atoms with Gasteiger partial charge in [-0.3, -0.25) is 0 Å². The van der Waals surface area contributed by atoms with E-state index in [4.69, 9.17) is 9.84 Å². The van der Waals surface area contributed by atoms with Crippen LogP contribution in [0.2, 0.25) is 0 Å². The van der Waals surface area contributed by atoms with Crippen molar-refractivity contribution in [3.8, 4) is 0 Å². The van der Waals surface area contributed by atoms with E-state index in [-0.39, 0.29) is 17.9 Å². The standard InChI is InChI=1S/C12H10F3IN4O3/c1-20-11(16)18-9(19-20)5-23-4-7-6(10(21)22)2-3-8(17-7)12(13,14)15/h2-3H,4-5H2,1H3,(H,21,22). The quantitative estimate of drug-likeness (QED) is 0.715. The van der Waals surface area contributed by atoms with Crippen molar-refractivity contribution in [1.29, 1.82) is 0 Å². The summed E-state index contributed by atoms with van der Waals surface area (Å²) in [4.78, 5) is 18.5. The van der Waals surface area contributed by atoms with Gasteiger partial charge < -0.3 is 9.84 Å². The summed E-state index contributed by atoms with van der Waals surface area (Å²) in [6, 6.07) is 1.48. The second-order valence-corrected chi connectivity index (χ2v) is 5.37. The van der Waals surface area contributed by atoms with Crippen LogP contribution in [0.15, 0.2) is 12.1 Å². The summed E-state index contributed by atoms with van der Waals surface area (Å²) in [6.07, 6.45) is -4.66. The van der Waals surface area contributed by atoms with Gasteiger partial charge in [-0.25, -0.2) is 19.4 Å². The van der Waals surface area contributed by atoms with Gasteiger partial charge in [-0.2, -0.15) is 18.3 Å². The summed E-state index contributed by atoms with van der Waals surface area (Å²) in [7, 11) is 1.68. The number of rotatable bonds is 5. The molecule has 23 heavy (non-hydrogen) atoms. The molecule has 0 bridgehead atoms. The van der Waals surface area contributed by atoms with Gasteiger partial charge in [0.1, 0.15) is 12.3 Å². The largest absolute Gasteiger partial charge is 0.478 e. The summed E-state index contributed by atoms with van der Waals surface area (Å²) >= 11 is 1.95. The van der Waals surface area contributed by atoms with Gasteiger partial charge in [-0.15, -0.1) is 0 Å². The highest BCUT2D eigenvalue weighted by molar-refractivity contribution is 14.1. The Labute approximate surface area is 141 Å². The average molecular weight is 442 g/mol. The number of aromatic carboxylic acids is 1. The van der Waals surface area contributed by atoms with Crippen molar-refractivity contribution in [1.82, 2.24) is 19.7 Å². The Kier molecular flexibility index (Phi) is 5.19. The first kappa shape index (κ1) is 17.6. The lowest BCUT2D eigenvalue weighted by Gasteiger charge is -2.10. The highest BCUT2D eigenvalue weighted by Crippen LogP contribution is 2.28. The number of hydrogen-bond acceptors (Lipinski definition) is 5. The zero-order chi connectivity index (χ0) is 17.2. The number of carboxylic acid groups (broad SMARTS) is 1. The molecular formula is C12H10F3IN4O3. The van der Waals surface area contributed by atoms with Crippen LogP contribution in [-0.4, -0.2) is 30.8 Å². The molecule has 124 valence electrons. The van der Waals surface area contributed by atoms with E-state index in [0.29, 0.717) is 15.7 Å². The minimum absolute atomic E-state index is 0.0756. The number of aromatic nitrogens is 4. The number of hydrogen-bond donors (Lipinski definition) is 1. The van der Waals surface area contributed by atoms with Crippen LogP contribution < -0.4 is 0 Å². The predicted molar refractivity (Wildman–Crippen MR) is 78.4 cm³/mol. The third-order valence-electron chi connectivity index (χ3n) is 2.72. The molecule has 2 rings (SSSR count). The Morgan fingerprint density at radius 1 is 1.35 bits per heavy atom. The molecule has 0 aliphatic heterocycles. The highest BCUT2D eigenvalue weighted by Gasteiger charge is 2.33. The van der Waals surface area contributed by atoms with Crippen LogP contribution in [0.5, 0.6) is 0 Å². The minimum Gasteiger partial charge on any atom is -0.478 e. The number of aryl methyl sites for hydroxylation is 1. The molecule has 1 N–H and O–H groups in total. The molecule has 0 unspecified atom stereocenters. The van der Waals surface area contributed by atoms with E-state index in [9.17, 15) is 18.0 Å². The van der Waals surface area contributed by atoms with Crippen LogP contribution >= 0.6 is 22.6 Å². The van der Waals surface area contributed by atoms with Gasteiger partial charge in [0.05, 0.1) is 17.9 Å². The monoisotopic (exact) mass is 442 g/mol. The number of alkyl halides is 3. The molecule has 11 heteroatoms.